The molecule has 2 heterocycles. The fourth-order valence-electron chi connectivity index (χ4n) is 3.31. The molecule has 2 saturated heterocycles. The number of nitrogens with one attached hydrogen (secondary N) is 2. The third kappa shape index (κ3) is 2.91. The highest BCUT2D eigenvalue weighted by Gasteiger charge is 2.43. The van der Waals surface area contributed by atoms with Crippen molar-refractivity contribution in [3.05, 3.63) is 0 Å². The summed E-state index contributed by atoms with van der Waals surface area (Å²) in [5, 5.41) is 6.34. The molecule has 5 nitrogen and oxygen atoms in total. The maximum absolute atomic E-state index is 12.2. The van der Waals surface area contributed by atoms with Crippen LogP contribution in [0, 0.1) is 5.92 Å². The Morgan fingerprint density at radius 3 is 2.47 bits per heavy atom. The van der Waals surface area contributed by atoms with Crippen LogP contribution in [0.15, 0.2) is 0 Å². The zero-order chi connectivity index (χ0) is 14.0. The van der Waals surface area contributed by atoms with Crippen LogP contribution in [0.2, 0.25) is 0 Å². The summed E-state index contributed by atoms with van der Waals surface area (Å²) in [6.07, 6.45) is 3.19. The summed E-state index contributed by atoms with van der Waals surface area (Å²) in [5.41, 5.74) is 0. The molecule has 2 N–H and O–H groups in total. The summed E-state index contributed by atoms with van der Waals surface area (Å²) in [5.74, 6) is 0.0906. The van der Waals surface area contributed by atoms with Crippen molar-refractivity contribution < 1.29 is 9.59 Å². The molecule has 2 amide bonds. The average Bonchev–Trinajstić information content (AvgIpc) is 3.02. The lowest BCUT2D eigenvalue weighted by Crippen LogP contribution is -2.49. The van der Waals surface area contributed by atoms with E-state index < -0.39 is 6.04 Å². The molecule has 19 heavy (non-hydrogen) atoms. The second kappa shape index (κ2) is 5.90. The summed E-state index contributed by atoms with van der Waals surface area (Å²) in [7, 11) is 0. The van der Waals surface area contributed by atoms with E-state index in [4.69, 9.17) is 0 Å². The molecular weight excluding hydrogens is 242 g/mol. The van der Waals surface area contributed by atoms with E-state index in [9.17, 15) is 9.59 Å². The van der Waals surface area contributed by atoms with Crippen molar-refractivity contribution in [3.63, 3.8) is 0 Å². The first kappa shape index (κ1) is 14.3. The summed E-state index contributed by atoms with van der Waals surface area (Å²) < 4.78 is 0. The number of rotatable bonds is 5. The van der Waals surface area contributed by atoms with Crippen molar-refractivity contribution in [3.8, 4) is 0 Å². The number of carbonyl (C=O) groups is 2. The smallest absolute Gasteiger partial charge is 0.244 e. The number of hydrogen-bond donors (Lipinski definition) is 2. The van der Waals surface area contributed by atoms with Crippen molar-refractivity contribution in [2.75, 3.05) is 13.1 Å². The predicted molar refractivity (Wildman–Crippen MR) is 73.6 cm³/mol. The Labute approximate surface area is 115 Å². The molecule has 4 atom stereocenters. The van der Waals surface area contributed by atoms with E-state index in [0.29, 0.717) is 25.2 Å². The van der Waals surface area contributed by atoms with Gasteiger partial charge in [-0.25, -0.2) is 0 Å². The van der Waals surface area contributed by atoms with Gasteiger partial charge in [0.05, 0.1) is 5.92 Å². The molecule has 108 valence electrons. The first-order valence-corrected chi connectivity index (χ1v) is 7.42. The molecule has 0 aromatic heterocycles. The summed E-state index contributed by atoms with van der Waals surface area (Å²) in [4.78, 5) is 26.1. The molecule has 0 aliphatic carbocycles. The number of nitrogens with zero attached hydrogens (tertiary/aromatic N) is 1. The first-order valence-electron chi connectivity index (χ1n) is 7.42. The van der Waals surface area contributed by atoms with Crippen LogP contribution in [0.1, 0.15) is 40.0 Å². The van der Waals surface area contributed by atoms with Crippen molar-refractivity contribution in [1.29, 1.82) is 0 Å². The van der Waals surface area contributed by atoms with Crippen LogP contribution in [0.4, 0.5) is 0 Å². The minimum absolute atomic E-state index is 0.00876. The van der Waals surface area contributed by atoms with Gasteiger partial charge in [-0.3, -0.25) is 9.59 Å². The van der Waals surface area contributed by atoms with Crippen LogP contribution in [0.5, 0.6) is 0 Å². The van der Waals surface area contributed by atoms with E-state index in [2.05, 4.69) is 10.6 Å². The highest BCUT2D eigenvalue weighted by molar-refractivity contribution is 5.88. The van der Waals surface area contributed by atoms with Crippen molar-refractivity contribution in [2.45, 2.75) is 58.2 Å². The van der Waals surface area contributed by atoms with E-state index >= 15 is 0 Å². The average molecular weight is 267 g/mol. The Hall–Kier alpha value is -1.10. The molecule has 5 heteroatoms. The maximum atomic E-state index is 12.2. The molecule has 2 aliphatic heterocycles. The van der Waals surface area contributed by atoms with Gasteiger partial charge >= 0.3 is 0 Å². The fraction of sp³-hybridized carbons (Fsp3) is 0.857. The number of hydrogen-bond acceptors (Lipinski definition) is 3. The maximum Gasteiger partial charge on any atom is 0.244 e. The molecule has 0 spiro atoms. The van der Waals surface area contributed by atoms with Crippen LogP contribution < -0.4 is 10.6 Å². The minimum atomic E-state index is -0.425. The van der Waals surface area contributed by atoms with Crippen molar-refractivity contribution in [1.82, 2.24) is 15.5 Å². The quantitative estimate of drug-likeness (QED) is 0.762. The van der Waals surface area contributed by atoms with Crippen LogP contribution in [0.25, 0.3) is 0 Å². The molecule has 2 bridgehead atoms. The minimum Gasteiger partial charge on any atom is -0.344 e. The van der Waals surface area contributed by atoms with E-state index in [1.165, 1.54) is 6.42 Å². The largest absolute Gasteiger partial charge is 0.344 e. The number of carbonyl (C=O) groups excluding carboxylic acids is 2. The van der Waals surface area contributed by atoms with Crippen LogP contribution >= 0.6 is 0 Å². The van der Waals surface area contributed by atoms with Gasteiger partial charge in [0.25, 0.3) is 0 Å². The van der Waals surface area contributed by atoms with Gasteiger partial charge < -0.3 is 15.5 Å². The zero-order valence-electron chi connectivity index (χ0n) is 12.1. The van der Waals surface area contributed by atoms with Crippen molar-refractivity contribution >= 4 is 11.8 Å². The number of amides is 2. The zero-order valence-corrected chi connectivity index (χ0v) is 12.1. The number of fused-ring (bicyclic) bond motifs is 2. The molecule has 0 aromatic carbocycles. The van der Waals surface area contributed by atoms with Gasteiger partial charge in [0.1, 0.15) is 6.04 Å². The molecule has 2 rings (SSSR count). The normalized spacial score (nSPS) is 30.2. The molecular formula is C14H25N3O2. The first-order chi connectivity index (χ1) is 9.06. The van der Waals surface area contributed by atoms with E-state index in [1.807, 2.05) is 13.8 Å². The topological polar surface area (TPSA) is 61.4 Å². The lowest BCUT2D eigenvalue weighted by molar-refractivity contribution is -0.136. The molecule has 2 fully saturated rings. The fourth-order valence-corrected chi connectivity index (χ4v) is 3.31. The Bertz CT molecular complexity index is 355. The van der Waals surface area contributed by atoms with Gasteiger partial charge in [0, 0.05) is 25.2 Å². The van der Waals surface area contributed by atoms with Gasteiger partial charge in [-0.2, -0.15) is 0 Å². The monoisotopic (exact) mass is 267 g/mol. The van der Waals surface area contributed by atoms with Gasteiger partial charge in [-0.05, 0) is 40.0 Å². The Kier molecular flexibility index (Phi) is 4.45. The predicted octanol–water partition coefficient (Wildman–Crippen LogP) is 0.500. The van der Waals surface area contributed by atoms with E-state index in [1.54, 1.807) is 11.8 Å². The lowest BCUT2D eigenvalue weighted by atomic mass is 9.88. The van der Waals surface area contributed by atoms with Crippen molar-refractivity contribution in [2.24, 2.45) is 5.92 Å². The van der Waals surface area contributed by atoms with Crippen LogP contribution in [-0.2, 0) is 9.59 Å². The highest BCUT2D eigenvalue weighted by atomic mass is 16.2. The molecule has 4 unspecified atom stereocenters. The Morgan fingerprint density at radius 1 is 1.32 bits per heavy atom. The van der Waals surface area contributed by atoms with Gasteiger partial charge in [-0.15, -0.1) is 0 Å². The molecule has 0 radical (unpaired) electrons. The van der Waals surface area contributed by atoms with E-state index in [-0.39, 0.29) is 17.7 Å². The van der Waals surface area contributed by atoms with Gasteiger partial charge in [0.2, 0.25) is 11.8 Å². The summed E-state index contributed by atoms with van der Waals surface area (Å²) in [6.45, 7) is 7.06. The van der Waals surface area contributed by atoms with Gasteiger partial charge in [0.15, 0.2) is 0 Å². The Morgan fingerprint density at radius 2 is 2.00 bits per heavy atom. The van der Waals surface area contributed by atoms with Crippen LogP contribution in [-0.4, -0.2) is 47.9 Å². The second-order valence-corrected chi connectivity index (χ2v) is 5.63. The number of likely N-dealkylation sites (N-methyl/N-ethyl adjacent to an activating group) is 1. The second-order valence-electron chi connectivity index (χ2n) is 5.63. The molecule has 0 saturated carbocycles. The molecule has 2 aliphatic rings. The molecule has 0 aromatic rings. The summed E-state index contributed by atoms with van der Waals surface area (Å²) in [6, 6.07) is 0.404. The Balaban J connectivity index is 1.86. The van der Waals surface area contributed by atoms with Gasteiger partial charge in [-0.1, -0.05) is 0 Å². The lowest BCUT2D eigenvalue weighted by Gasteiger charge is -2.26. The van der Waals surface area contributed by atoms with E-state index in [0.717, 1.165) is 12.8 Å². The third-order valence-corrected chi connectivity index (χ3v) is 4.44. The standard InChI is InChI=1S/C14H25N3O2/c1-4-17(5-2)14(19)9(3)15-13(18)11-8-10-6-7-12(11)16-10/h9-12,16H,4-8H2,1-3H3,(H,15,18). The SMILES string of the molecule is CCN(CC)C(=O)C(C)NC(=O)C1CC2CCC1N2. The van der Waals surface area contributed by atoms with Crippen LogP contribution in [0.3, 0.4) is 0 Å². The third-order valence-electron chi connectivity index (χ3n) is 4.44. The highest BCUT2D eigenvalue weighted by Crippen LogP contribution is 2.33. The summed E-state index contributed by atoms with van der Waals surface area (Å²) >= 11 is 0.